The molecule has 1 aromatic carbocycles. The molecule has 2 radical (unpaired) electrons. The molecular formula is C12H18CaO2S. The Labute approximate surface area is 130 Å². The van der Waals surface area contributed by atoms with Crippen LogP contribution in [0.5, 0.6) is 0 Å². The molecule has 1 N–H and O–H groups in total. The number of rotatable bonds is 4. The minimum absolute atomic E-state index is 0. The van der Waals surface area contributed by atoms with Crippen LogP contribution >= 0.6 is 0 Å². The third-order valence-electron chi connectivity index (χ3n) is 2.65. The molecule has 0 spiro atoms. The molecule has 2 nitrogen and oxygen atoms in total. The maximum absolute atomic E-state index is 11.3. The van der Waals surface area contributed by atoms with Crippen molar-refractivity contribution in [1.29, 1.82) is 0 Å². The fraction of sp³-hybridized carbons (Fsp3) is 0.500. The van der Waals surface area contributed by atoms with Crippen LogP contribution < -0.4 is 0 Å². The van der Waals surface area contributed by atoms with E-state index in [1.807, 2.05) is 26.0 Å². The number of hydrogen-bond donors (Lipinski definition) is 1. The zero-order valence-corrected chi connectivity index (χ0v) is 13.3. The normalized spacial score (nSPS) is 12.0. The molecule has 0 saturated carbocycles. The summed E-state index contributed by atoms with van der Waals surface area (Å²) in [6, 6.07) is 4.09. The third kappa shape index (κ3) is 3.81. The van der Waals surface area contributed by atoms with Crippen LogP contribution in [0.3, 0.4) is 0 Å². The molecule has 0 bridgehead atoms. The van der Waals surface area contributed by atoms with E-state index in [1.165, 1.54) is 5.56 Å². The van der Waals surface area contributed by atoms with Gasteiger partial charge in [0, 0.05) is 37.7 Å². The number of hydrogen-bond acceptors (Lipinski definition) is 1. The largest absolute Gasteiger partial charge is 0.302 e. The molecule has 0 aliphatic rings. The second-order valence-electron chi connectivity index (χ2n) is 3.55. The van der Waals surface area contributed by atoms with E-state index in [9.17, 15) is 8.76 Å². The van der Waals surface area contributed by atoms with Crippen molar-refractivity contribution in [3.05, 3.63) is 28.8 Å². The predicted molar refractivity (Wildman–Crippen MR) is 69.4 cm³/mol. The summed E-state index contributed by atoms with van der Waals surface area (Å²) in [5, 5.41) is 0. The van der Waals surface area contributed by atoms with Gasteiger partial charge < -0.3 is 4.55 Å². The van der Waals surface area contributed by atoms with Gasteiger partial charge in [-0.15, -0.1) is 0 Å². The molecule has 4 heteroatoms. The van der Waals surface area contributed by atoms with E-state index in [2.05, 4.69) is 6.92 Å². The fourth-order valence-electron chi connectivity index (χ4n) is 1.78. The van der Waals surface area contributed by atoms with E-state index < -0.39 is 11.1 Å². The van der Waals surface area contributed by atoms with Gasteiger partial charge in [-0.1, -0.05) is 32.9 Å². The van der Waals surface area contributed by atoms with E-state index in [1.54, 1.807) is 0 Å². The third-order valence-corrected chi connectivity index (χ3v) is 3.52. The van der Waals surface area contributed by atoms with Gasteiger partial charge in [-0.2, -0.15) is 0 Å². The summed E-state index contributed by atoms with van der Waals surface area (Å²) >= 11 is -1.86. The van der Waals surface area contributed by atoms with E-state index in [0.717, 1.165) is 30.4 Å². The summed E-state index contributed by atoms with van der Waals surface area (Å²) in [4.78, 5) is 0.622. The minimum atomic E-state index is -1.86. The SMILES string of the molecule is CCc1cc(CC)c(S(=O)O)c(CC)c1.[Ca]. The zero-order valence-electron chi connectivity index (χ0n) is 10.2. The van der Waals surface area contributed by atoms with Gasteiger partial charge in [-0.3, -0.25) is 0 Å². The van der Waals surface area contributed by atoms with E-state index in [0.29, 0.717) is 4.90 Å². The molecule has 0 amide bonds. The monoisotopic (exact) mass is 266 g/mol. The Morgan fingerprint density at radius 2 is 1.50 bits per heavy atom. The minimum Gasteiger partial charge on any atom is -0.302 e. The van der Waals surface area contributed by atoms with Gasteiger partial charge in [0.1, 0.15) is 0 Å². The van der Waals surface area contributed by atoms with E-state index >= 15 is 0 Å². The average Bonchev–Trinajstić information content (AvgIpc) is 2.26. The van der Waals surface area contributed by atoms with Gasteiger partial charge >= 0.3 is 0 Å². The summed E-state index contributed by atoms with van der Waals surface area (Å²) in [5.74, 6) is 0. The van der Waals surface area contributed by atoms with Crippen molar-refractivity contribution < 1.29 is 8.76 Å². The van der Waals surface area contributed by atoms with Crippen molar-refractivity contribution in [3.8, 4) is 0 Å². The second-order valence-corrected chi connectivity index (χ2v) is 4.46. The predicted octanol–water partition coefficient (Wildman–Crippen LogP) is 2.57. The van der Waals surface area contributed by atoms with E-state index in [4.69, 9.17) is 0 Å². The van der Waals surface area contributed by atoms with Crippen LogP contribution in [-0.2, 0) is 30.3 Å². The molecule has 86 valence electrons. The van der Waals surface area contributed by atoms with Crippen LogP contribution in [0, 0.1) is 0 Å². The summed E-state index contributed by atoms with van der Waals surface area (Å²) in [6.07, 6.45) is 2.59. The van der Waals surface area contributed by atoms with Crippen molar-refractivity contribution in [2.45, 2.75) is 44.9 Å². The van der Waals surface area contributed by atoms with Gasteiger partial charge in [0.05, 0.1) is 4.90 Å². The second kappa shape index (κ2) is 7.83. The first kappa shape index (κ1) is 16.6. The van der Waals surface area contributed by atoms with Crippen LogP contribution in [0.15, 0.2) is 17.0 Å². The first-order chi connectivity index (χ1) is 7.13. The molecule has 1 unspecified atom stereocenters. The summed E-state index contributed by atoms with van der Waals surface area (Å²) in [6.45, 7) is 6.14. The molecule has 0 saturated heterocycles. The molecule has 1 aromatic rings. The van der Waals surface area contributed by atoms with Gasteiger partial charge in [0.25, 0.3) is 0 Å². The van der Waals surface area contributed by atoms with Crippen molar-refractivity contribution in [3.63, 3.8) is 0 Å². The molecule has 0 fully saturated rings. The Morgan fingerprint density at radius 1 is 1.06 bits per heavy atom. The summed E-state index contributed by atoms with van der Waals surface area (Å²) in [5.41, 5.74) is 3.26. The number of aryl methyl sites for hydroxylation is 3. The van der Waals surface area contributed by atoms with Crippen molar-refractivity contribution in [1.82, 2.24) is 0 Å². The Kier molecular flexibility index (Phi) is 8.12. The molecule has 0 aromatic heterocycles. The Morgan fingerprint density at radius 3 is 1.75 bits per heavy atom. The van der Waals surface area contributed by atoms with Gasteiger partial charge in [-0.25, -0.2) is 4.21 Å². The first-order valence-corrected chi connectivity index (χ1v) is 6.50. The maximum Gasteiger partial charge on any atom is 0.187 e. The van der Waals surface area contributed by atoms with Crippen molar-refractivity contribution in [2.24, 2.45) is 0 Å². The number of benzene rings is 1. The molecule has 0 aliphatic heterocycles. The zero-order chi connectivity index (χ0) is 11.4. The smallest absolute Gasteiger partial charge is 0.187 e. The van der Waals surface area contributed by atoms with Gasteiger partial charge in [0.15, 0.2) is 11.1 Å². The van der Waals surface area contributed by atoms with Crippen LogP contribution in [0.4, 0.5) is 0 Å². The topological polar surface area (TPSA) is 37.3 Å². The van der Waals surface area contributed by atoms with Crippen LogP contribution in [-0.4, -0.2) is 46.5 Å². The molecule has 1 rings (SSSR count). The van der Waals surface area contributed by atoms with Gasteiger partial charge in [-0.05, 0) is 36.0 Å². The van der Waals surface area contributed by atoms with Crippen LogP contribution in [0.2, 0.25) is 0 Å². The van der Waals surface area contributed by atoms with Gasteiger partial charge in [0.2, 0.25) is 0 Å². The average molecular weight is 266 g/mol. The summed E-state index contributed by atoms with van der Waals surface area (Å²) in [7, 11) is 0. The summed E-state index contributed by atoms with van der Waals surface area (Å²) < 4.78 is 20.6. The Balaban J connectivity index is 0.00000225. The Hall–Kier alpha value is 0.590. The maximum atomic E-state index is 11.3. The fourth-order valence-corrected chi connectivity index (χ4v) is 2.64. The molecule has 1 atom stereocenters. The van der Waals surface area contributed by atoms with Crippen LogP contribution in [0.25, 0.3) is 0 Å². The van der Waals surface area contributed by atoms with E-state index in [-0.39, 0.29) is 37.7 Å². The standard InChI is InChI=1S/C12H18O2S.Ca/c1-4-9-7-10(5-2)12(15(13)14)11(6-3)8-9;/h7-8H,4-6H2,1-3H3,(H,13,14);. The molecule has 16 heavy (non-hydrogen) atoms. The quantitative estimate of drug-likeness (QED) is 0.672. The van der Waals surface area contributed by atoms with Crippen LogP contribution in [0.1, 0.15) is 37.5 Å². The Bertz CT molecular complexity index is 352. The van der Waals surface area contributed by atoms with Crippen molar-refractivity contribution in [2.75, 3.05) is 0 Å². The van der Waals surface area contributed by atoms with Crippen molar-refractivity contribution >= 4 is 48.8 Å². The molecule has 0 aliphatic carbocycles. The molecule has 0 heterocycles. The molecular weight excluding hydrogens is 248 g/mol. The first-order valence-electron chi connectivity index (χ1n) is 5.39.